The van der Waals surface area contributed by atoms with Crippen LogP contribution in [0.1, 0.15) is 51.2 Å². The van der Waals surface area contributed by atoms with Gasteiger partial charge >= 0.3 is 0 Å². The van der Waals surface area contributed by atoms with E-state index in [0.29, 0.717) is 11.7 Å². The molecule has 0 heterocycles. The molecule has 19 heavy (non-hydrogen) atoms. The summed E-state index contributed by atoms with van der Waals surface area (Å²) in [6, 6.07) is 8.37. The SMILES string of the molecule is CCC1(C)CCC(C)/C(=C\c2cccc(C)c2)C1=O. The number of hydrogen-bond acceptors (Lipinski definition) is 1. The average molecular weight is 256 g/mol. The van der Waals surface area contributed by atoms with Crippen molar-refractivity contribution in [2.24, 2.45) is 11.3 Å². The molecule has 1 aromatic rings. The lowest BCUT2D eigenvalue weighted by Crippen LogP contribution is -2.35. The molecule has 0 bridgehead atoms. The first-order chi connectivity index (χ1) is 8.96. The van der Waals surface area contributed by atoms with Crippen LogP contribution in [0.5, 0.6) is 0 Å². The number of aryl methyl sites for hydroxylation is 1. The van der Waals surface area contributed by atoms with Gasteiger partial charge < -0.3 is 0 Å². The van der Waals surface area contributed by atoms with Gasteiger partial charge in [0.25, 0.3) is 0 Å². The van der Waals surface area contributed by atoms with E-state index in [4.69, 9.17) is 0 Å². The van der Waals surface area contributed by atoms with Crippen molar-refractivity contribution in [2.75, 3.05) is 0 Å². The van der Waals surface area contributed by atoms with E-state index >= 15 is 0 Å². The van der Waals surface area contributed by atoms with Gasteiger partial charge in [0.2, 0.25) is 0 Å². The van der Waals surface area contributed by atoms with Crippen molar-refractivity contribution in [1.29, 1.82) is 0 Å². The van der Waals surface area contributed by atoms with Crippen LogP contribution in [0.25, 0.3) is 6.08 Å². The zero-order chi connectivity index (χ0) is 14.0. The highest BCUT2D eigenvalue weighted by Gasteiger charge is 2.39. The van der Waals surface area contributed by atoms with Gasteiger partial charge in [-0.1, -0.05) is 50.6 Å². The third kappa shape index (κ3) is 2.80. The molecule has 1 fully saturated rings. The largest absolute Gasteiger partial charge is 0.294 e. The van der Waals surface area contributed by atoms with Crippen molar-refractivity contribution in [2.45, 2.75) is 47.0 Å². The number of rotatable bonds is 2. The van der Waals surface area contributed by atoms with Gasteiger partial charge in [-0.3, -0.25) is 4.79 Å². The highest BCUT2D eigenvalue weighted by molar-refractivity contribution is 6.04. The molecular weight excluding hydrogens is 232 g/mol. The number of Topliss-reactive ketones (excluding diaryl/α,β-unsaturated/α-hetero) is 1. The van der Waals surface area contributed by atoms with Crippen molar-refractivity contribution in [3.8, 4) is 0 Å². The van der Waals surface area contributed by atoms with Crippen LogP contribution in [0.4, 0.5) is 0 Å². The number of carbonyl (C=O) groups excluding carboxylic acids is 1. The van der Waals surface area contributed by atoms with Crippen LogP contribution >= 0.6 is 0 Å². The van der Waals surface area contributed by atoms with E-state index in [1.165, 1.54) is 5.56 Å². The highest BCUT2D eigenvalue weighted by Crippen LogP contribution is 2.41. The molecule has 0 radical (unpaired) electrons. The van der Waals surface area contributed by atoms with E-state index in [-0.39, 0.29) is 5.41 Å². The van der Waals surface area contributed by atoms with Gasteiger partial charge in [0.15, 0.2) is 5.78 Å². The van der Waals surface area contributed by atoms with Gasteiger partial charge in [0, 0.05) is 5.41 Å². The van der Waals surface area contributed by atoms with Crippen LogP contribution in [-0.2, 0) is 4.79 Å². The Morgan fingerprint density at radius 3 is 2.79 bits per heavy atom. The minimum absolute atomic E-state index is 0.151. The lowest BCUT2D eigenvalue weighted by Gasteiger charge is -2.35. The summed E-state index contributed by atoms with van der Waals surface area (Å²) in [6.07, 6.45) is 5.18. The molecule has 0 spiro atoms. The molecule has 1 nitrogen and oxygen atoms in total. The van der Waals surface area contributed by atoms with Gasteiger partial charge in [-0.2, -0.15) is 0 Å². The summed E-state index contributed by atoms with van der Waals surface area (Å²) in [4.78, 5) is 12.7. The Bertz CT molecular complexity index is 512. The van der Waals surface area contributed by atoms with E-state index in [1.54, 1.807) is 0 Å². The molecule has 1 saturated carbocycles. The summed E-state index contributed by atoms with van der Waals surface area (Å²) in [5.74, 6) is 0.739. The summed E-state index contributed by atoms with van der Waals surface area (Å²) in [5.41, 5.74) is 3.25. The number of hydrogen-bond donors (Lipinski definition) is 0. The minimum Gasteiger partial charge on any atom is -0.294 e. The smallest absolute Gasteiger partial charge is 0.164 e. The Morgan fingerprint density at radius 1 is 1.42 bits per heavy atom. The second-order valence-corrected chi connectivity index (χ2v) is 6.20. The number of ketones is 1. The quantitative estimate of drug-likeness (QED) is 0.695. The molecular formula is C18H24O. The molecule has 1 heteroatoms. The third-order valence-electron chi connectivity index (χ3n) is 4.62. The fourth-order valence-electron chi connectivity index (χ4n) is 2.86. The Balaban J connectivity index is 2.38. The molecule has 0 N–H and O–H groups in total. The Hall–Kier alpha value is -1.37. The van der Waals surface area contributed by atoms with E-state index in [1.807, 2.05) is 0 Å². The van der Waals surface area contributed by atoms with Crippen molar-refractivity contribution < 1.29 is 4.79 Å². The zero-order valence-corrected chi connectivity index (χ0v) is 12.5. The van der Waals surface area contributed by atoms with Gasteiger partial charge in [0.05, 0.1) is 0 Å². The van der Waals surface area contributed by atoms with Gasteiger partial charge in [-0.25, -0.2) is 0 Å². The second-order valence-electron chi connectivity index (χ2n) is 6.20. The van der Waals surface area contributed by atoms with Crippen LogP contribution in [0.2, 0.25) is 0 Å². The lowest BCUT2D eigenvalue weighted by atomic mass is 9.67. The topological polar surface area (TPSA) is 17.1 Å². The second kappa shape index (κ2) is 5.32. The molecule has 2 unspecified atom stereocenters. The van der Waals surface area contributed by atoms with E-state index < -0.39 is 0 Å². The summed E-state index contributed by atoms with van der Waals surface area (Å²) in [7, 11) is 0. The number of benzene rings is 1. The Kier molecular flexibility index (Phi) is 3.93. The van der Waals surface area contributed by atoms with Gasteiger partial charge in [-0.05, 0) is 49.3 Å². The molecule has 2 rings (SSSR count). The van der Waals surface area contributed by atoms with Gasteiger partial charge in [-0.15, -0.1) is 0 Å². The van der Waals surface area contributed by atoms with Crippen molar-refractivity contribution >= 4 is 11.9 Å². The maximum atomic E-state index is 12.7. The molecule has 102 valence electrons. The van der Waals surface area contributed by atoms with Crippen LogP contribution in [0.3, 0.4) is 0 Å². The number of carbonyl (C=O) groups is 1. The molecule has 0 saturated heterocycles. The van der Waals surface area contributed by atoms with E-state index in [2.05, 4.69) is 58.0 Å². The summed E-state index contributed by atoms with van der Waals surface area (Å²) >= 11 is 0. The van der Waals surface area contributed by atoms with E-state index in [9.17, 15) is 4.79 Å². The van der Waals surface area contributed by atoms with E-state index in [0.717, 1.165) is 30.4 Å². The molecule has 1 aliphatic rings. The average Bonchev–Trinajstić information content (AvgIpc) is 2.40. The molecule has 0 aliphatic heterocycles. The maximum Gasteiger partial charge on any atom is 0.164 e. The lowest BCUT2D eigenvalue weighted by molar-refractivity contribution is -0.126. The Labute approximate surface area is 116 Å². The normalized spacial score (nSPS) is 29.8. The fraction of sp³-hybridized carbons (Fsp3) is 0.500. The van der Waals surface area contributed by atoms with Crippen LogP contribution in [0.15, 0.2) is 29.8 Å². The molecule has 0 aromatic heterocycles. The van der Waals surface area contributed by atoms with Crippen molar-refractivity contribution in [1.82, 2.24) is 0 Å². The van der Waals surface area contributed by atoms with Crippen LogP contribution in [-0.4, -0.2) is 5.78 Å². The summed E-state index contributed by atoms with van der Waals surface area (Å²) < 4.78 is 0. The standard InChI is InChI=1S/C18H24O/c1-5-18(4)10-9-14(3)16(17(18)19)12-15-8-6-7-13(2)11-15/h6-8,11-12,14H,5,9-10H2,1-4H3/b16-12+. The van der Waals surface area contributed by atoms with Crippen molar-refractivity contribution in [3.05, 3.63) is 41.0 Å². The summed E-state index contributed by atoms with van der Waals surface area (Å²) in [5, 5.41) is 0. The highest BCUT2D eigenvalue weighted by atomic mass is 16.1. The Morgan fingerprint density at radius 2 is 2.16 bits per heavy atom. The first kappa shape index (κ1) is 14.0. The predicted octanol–water partition coefficient (Wildman–Crippen LogP) is 4.79. The fourth-order valence-corrected chi connectivity index (χ4v) is 2.86. The molecule has 1 aromatic carbocycles. The zero-order valence-electron chi connectivity index (χ0n) is 12.5. The maximum absolute atomic E-state index is 12.7. The number of allylic oxidation sites excluding steroid dienone is 1. The van der Waals surface area contributed by atoms with Crippen LogP contribution in [0, 0.1) is 18.3 Å². The first-order valence-electron chi connectivity index (χ1n) is 7.29. The van der Waals surface area contributed by atoms with Gasteiger partial charge in [0.1, 0.15) is 0 Å². The monoisotopic (exact) mass is 256 g/mol. The van der Waals surface area contributed by atoms with Crippen molar-refractivity contribution in [3.63, 3.8) is 0 Å². The first-order valence-corrected chi connectivity index (χ1v) is 7.29. The third-order valence-corrected chi connectivity index (χ3v) is 4.62. The summed E-state index contributed by atoms with van der Waals surface area (Å²) in [6.45, 7) is 8.50. The molecule has 1 aliphatic carbocycles. The predicted molar refractivity (Wildman–Crippen MR) is 81.0 cm³/mol. The minimum atomic E-state index is -0.151. The van der Waals surface area contributed by atoms with Crippen LogP contribution < -0.4 is 0 Å². The molecule has 0 amide bonds. The molecule has 2 atom stereocenters.